The lowest BCUT2D eigenvalue weighted by atomic mass is 10.0. The van der Waals surface area contributed by atoms with Crippen molar-refractivity contribution in [3.8, 4) is 22.6 Å². The van der Waals surface area contributed by atoms with Crippen LogP contribution in [0.4, 0.5) is 20.2 Å². The minimum Gasteiger partial charge on any atom is -0.446 e. The van der Waals surface area contributed by atoms with Crippen LogP contribution in [0, 0.1) is 21.7 Å². The third-order valence-electron chi connectivity index (χ3n) is 5.86. The van der Waals surface area contributed by atoms with Crippen molar-refractivity contribution in [2.45, 2.75) is 32.4 Å². The zero-order valence-corrected chi connectivity index (χ0v) is 22.3. The van der Waals surface area contributed by atoms with Gasteiger partial charge in [-0.05, 0) is 30.3 Å². The molecular weight excluding hydrogens is 516 g/mol. The highest BCUT2D eigenvalue weighted by atomic mass is 28.3. The van der Waals surface area contributed by atoms with E-state index in [-0.39, 0.29) is 34.8 Å². The number of anilines is 1. The topological polar surface area (TPSA) is 127 Å². The quantitative estimate of drug-likeness (QED) is 0.100. The van der Waals surface area contributed by atoms with Crippen LogP contribution in [0.2, 0.25) is 25.7 Å². The molecule has 4 aromatic rings. The zero-order chi connectivity index (χ0) is 27.8. The molecule has 4 rings (SSSR count). The summed E-state index contributed by atoms with van der Waals surface area (Å²) in [6, 6.07) is 6.34. The van der Waals surface area contributed by atoms with Gasteiger partial charge in [0.15, 0.2) is 17.1 Å². The van der Waals surface area contributed by atoms with Gasteiger partial charge in [0.25, 0.3) is 5.56 Å². The van der Waals surface area contributed by atoms with Gasteiger partial charge in [-0.15, -0.1) is 0 Å². The average Bonchev–Trinajstić information content (AvgIpc) is 3.25. The van der Waals surface area contributed by atoms with Crippen molar-refractivity contribution >= 4 is 30.4 Å². The second-order valence-corrected chi connectivity index (χ2v) is 15.7. The lowest BCUT2D eigenvalue weighted by Crippen LogP contribution is -2.22. The molecule has 0 radical (unpaired) electrons. The van der Waals surface area contributed by atoms with Crippen LogP contribution in [-0.2, 0) is 18.5 Å². The molecule has 38 heavy (non-hydrogen) atoms. The Morgan fingerprint density at radius 2 is 1.87 bits per heavy atom. The number of hydrogen-bond donors (Lipinski definition) is 1. The number of benzene rings is 2. The molecule has 2 N–H and O–H groups in total. The summed E-state index contributed by atoms with van der Waals surface area (Å²) in [5, 5.41) is 16.7. The van der Waals surface area contributed by atoms with Crippen LogP contribution in [0.25, 0.3) is 22.0 Å². The van der Waals surface area contributed by atoms with Crippen molar-refractivity contribution in [2.75, 3.05) is 12.3 Å². The molecule has 13 heteroatoms. The fraction of sp³-hybridized carbons (Fsp3) is 0.280. The molecule has 0 atom stereocenters. The number of halogens is 2. The van der Waals surface area contributed by atoms with Crippen LogP contribution < -0.4 is 16.0 Å². The van der Waals surface area contributed by atoms with Crippen molar-refractivity contribution in [1.29, 1.82) is 0 Å². The van der Waals surface area contributed by atoms with E-state index >= 15 is 0 Å². The second-order valence-electron chi connectivity index (χ2n) is 10.1. The number of ether oxygens (including phenoxy) is 2. The van der Waals surface area contributed by atoms with Gasteiger partial charge in [0.1, 0.15) is 18.2 Å². The summed E-state index contributed by atoms with van der Waals surface area (Å²) >= 11 is 0. The lowest BCUT2D eigenvalue weighted by molar-refractivity contribution is -0.384. The molecule has 0 bridgehead atoms. The van der Waals surface area contributed by atoms with Crippen LogP contribution in [0.3, 0.4) is 0 Å². The molecule has 10 nitrogen and oxygen atoms in total. The first-order valence-corrected chi connectivity index (χ1v) is 15.4. The van der Waals surface area contributed by atoms with E-state index in [1.807, 2.05) is 0 Å². The molecule has 2 heterocycles. The first-order chi connectivity index (χ1) is 17.9. The van der Waals surface area contributed by atoms with Gasteiger partial charge in [-0.2, -0.15) is 5.10 Å². The number of nitrogens with zero attached hydrogens (tertiary/aromatic N) is 4. The summed E-state index contributed by atoms with van der Waals surface area (Å²) in [7, 11) is 0.218. The number of pyridine rings is 1. The normalized spacial score (nSPS) is 11.7. The van der Waals surface area contributed by atoms with E-state index in [4.69, 9.17) is 15.2 Å². The smallest absolute Gasteiger partial charge is 0.334 e. The van der Waals surface area contributed by atoms with E-state index in [0.29, 0.717) is 23.6 Å². The number of rotatable bonds is 9. The Kier molecular flexibility index (Phi) is 7.33. The molecule has 2 aromatic heterocycles. The summed E-state index contributed by atoms with van der Waals surface area (Å²) in [4.78, 5) is 24.1. The molecule has 0 amide bonds. The van der Waals surface area contributed by atoms with Gasteiger partial charge in [-0.1, -0.05) is 19.6 Å². The summed E-state index contributed by atoms with van der Waals surface area (Å²) in [6.45, 7) is 7.35. The Labute approximate surface area is 217 Å². The number of nitro groups is 1. The molecule has 0 aliphatic heterocycles. The maximum atomic E-state index is 14.5. The Hall–Kier alpha value is -4.10. The maximum absolute atomic E-state index is 14.5. The van der Waals surface area contributed by atoms with E-state index in [1.165, 1.54) is 34.6 Å². The predicted molar refractivity (Wildman–Crippen MR) is 142 cm³/mol. The standard InChI is InChI=1S/C25H27F2N5O5Si/c1-30-12-17(18-13-31(29-22(18)25(30)33)14-36-9-10-38(2,3)4)16-6-7-20(28)23(32(34)35)24(16)37-21-8-5-15(26)11-19(21)27/h5-8,11-13H,9-10,14,28H2,1-4H3. The van der Waals surface area contributed by atoms with E-state index in [0.717, 1.165) is 18.2 Å². The highest BCUT2D eigenvalue weighted by Crippen LogP contribution is 2.45. The molecule has 0 spiro atoms. The van der Waals surface area contributed by atoms with Crippen LogP contribution in [0.1, 0.15) is 0 Å². The summed E-state index contributed by atoms with van der Waals surface area (Å²) in [5.74, 6) is -2.69. The molecule has 0 saturated heterocycles. The summed E-state index contributed by atoms with van der Waals surface area (Å²) in [6.07, 6.45) is 3.08. The van der Waals surface area contributed by atoms with E-state index in [9.17, 15) is 23.7 Å². The number of hydrogen-bond acceptors (Lipinski definition) is 7. The summed E-state index contributed by atoms with van der Waals surface area (Å²) < 4.78 is 42.1. The van der Waals surface area contributed by atoms with Gasteiger partial charge in [0.2, 0.25) is 5.75 Å². The lowest BCUT2D eigenvalue weighted by Gasteiger charge is -2.15. The van der Waals surface area contributed by atoms with Gasteiger partial charge in [-0.3, -0.25) is 14.9 Å². The van der Waals surface area contributed by atoms with E-state index in [1.54, 1.807) is 6.20 Å². The van der Waals surface area contributed by atoms with Gasteiger partial charge in [0, 0.05) is 56.7 Å². The highest BCUT2D eigenvalue weighted by molar-refractivity contribution is 6.76. The van der Waals surface area contributed by atoms with Crippen LogP contribution in [-0.4, -0.2) is 34.0 Å². The Balaban J connectivity index is 1.86. The molecule has 0 aliphatic rings. The summed E-state index contributed by atoms with van der Waals surface area (Å²) in [5.41, 5.74) is 5.31. The van der Waals surface area contributed by atoms with Crippen molar-refractivity contribution in [3.05, 3.63) is 74.8 Å². The third-order valence-corrected chi connectivity index (χ3v) is 7.56. The SMILES string of the molecule is Cn1cc(-c2ccc(N)c([N+](=O)[O-])c2Oc2ccc(F)cc2F)c2cn(COCC[Si](C)(C)C)nc2c1=O. The van der Waals surface area contributed by atoms with Gasteiger partial charge in [-0.25, -0.2) is 13.5 Å². The van der Waals surface area contributed by atoms with Gasteiger partial charge >= 0.3 is 5.69 Å². The fourth-order valence-electron chi connectivity index (χ4n) is 3.84. The first-order valence-electron chi connectivity index (χ1n) is 11.7. The number of fused-ring (bicyclic) bond motifs is 1. The number of aryl methyl sites for hydroxylation is 1. The second kappa shape index (κ2) is 10.3. The van der Waals surface area contributed by atoms with Gasteiger partial charge < -0.3 is 19.8 Å². The van der Waals surface area contributed by atoms with Gasteiger partial charge in [0.05, 0.1) is 4.92 Å². The molecular formula is C25H27F2N5O5Si. The first kappa shape index (κ1) is 26.9. The van der Waals surface area contributed by atoms with Crippen molar-refractivity contribution in [3.63, 3.8) is 0 Å². The average molecular weight is 544 g/mol. The number of nitro benzene ring substituents is 1. The fourth-order valence-corrected chi connectivity index (χ4v) is 4.60. The molecule has 0 fully saturated rings. The van der Waals surface area contributed by atoms with Crippen LogP contribution in [0.5, 0.6) is 11.5 Å². The third kappa shape index (κ3) is 5.58. The minimum atomic E-state index is -1.30. The largest absolute Gasteiger partial charge is 0.446 e. The minimum absolute atomic E-state index is 0.105. The maximum Gasteiger partial charge on any atom is 0.334 e. The van der Waals surface area contributed by atoms with E-state index in [2.05, 4.69) is 24.7 Å². The molecule has 2 aromatic carbocycles. The Bertz CT molecular complexity index is 1600. The zero-order valence-electron chi connectivity index (χ0n) is 21.3. The Morgan fingerprint density at radius 1 is 1.13 bits per heavy atom. The van der Waals surface area contributed by atoms with Crippen molar-refractivity contribution in [1.82, 2.24) is 14.3 Å². The number of aromatic nitrogens is 3. The predicted octanol–water partition coefficient (Wildman–Crippen LogP) is 5.28. The van der Waals surface area contributed by atoms with Crippen molar-refractivity contribution < 1.29 is 23.2 Å². The number of nitrogen functional groups attached to an aromatic ring is 1. The molecule has 0 aliphatic carbocycles. The Morgan fingerprint density at radius 3 is 2.53 bits per heavy atom. The molecule has 0 unspecified atom stereocenters. The van der Waals surface area contributed by atoms with Crippen LogP contribution in [0.15, 0.2) is 47.5 Å². The monoisotopic (exact) mass is 543 g/mol. The van der Waals surface area contributed by atoms with Crippen molar-refractivity contribution in [2.24, 2.45) is 7.05 Å². The van der Waals surface area contributed by atoms with E-state index < -0.39 is 36.1 Å². The molecule has 0 saturated carbocycles. The van der Waals surface area contributed by atoms with Crippen LogP contribution >= 0.6 is 0 Å². The highest BCUT2D eigenvalue weighted by Gasteiger charge is 2.28. The number of nitrogens with two attached hydrogens (primary N) is 1. The molecule has 200 valence electrons.